The predicted molar refractivity (Wildman–Crippen MR) is 80.7 cm³/mol. The van der Waals surface area contributed by atoms with E-state index in [0.717, 1.165) is 11.1 Å². The lowest BCUT2D eigenvalue weighted by atomic mass is 10.0. The zero-order valence-corrected chi connectivity index (χ0v) is 12.7. The van der Waals surface area contributed by atoms with Crippen molar-refractivity contribution in [3.8, 4) is 17.2 Å². The Kier molecular flexibility index (Phi) is 6.35. The van der Waals surface area contributed by atoms with Crippen molar-refractivity contribution in [2.45, 2.75) is 13.0 Å². The van der Waals surface area contributed by atoms with Crippen LogP contribution < -0.4 is 25.3 Å². The number of hydrogen-bond acceptors (Lipinski definition) is 5. The zero-order chi connectivity index (χ0) is 15.1. The summed E-state index contributed by atoms with van der Waals surface area (Å²) in [6.45, 7) is 7.02. The molecule has 1 atom stereocenters. The molecule has 0 saturated carbocycles. The van der Waals surface area contributed by atoms with Crippen molar-refractivity contribution in [3.63, 3.8) is 0 Å². The molecular formula is C15H24N2O3. The topological polar surface area (TPSA) is 65.7 Å². The van der Waals surface area contributed by atoms with Crippen LogP contribution >= 0.6 is 0 Å². The lowest BCUT2D eigenvalue weighted by molar-refractivity contribution is 0.323. The highest BCUT2D eigenvalue weighted by Gasteiger charge is 2.17. The minimum Gasteiger partial charge on any atom is -0.493 e. The van der Waals surface area contributed by atoms with Crippen molar-refractivity contribution in [1.29, 1.82) is 0 Å². The monoisotopic (exact) mass is 280 g/mol. The van der Waals surface area contributed by atoms with Gasteiger partial charge in [0.05, 0.1) is 21.3 Å². The first-order valence-corrected chi connectivity index (χ1v) is 6.45. The molecule has 0 aliphatic heterocycles. The van der Waals surface area contributed by atoms with Crippen LogP contribution in [0.2, 0.25) is 0 Å². The summed E-state index contributed by atoms with van der Waals surface area (Å²) in [6, 6.07) is 3.81. The first-order valence-electron chi connectivity index (χ1n) is 6.45. The van der Waals surface area contributed by atoms with E-state index >= 15 is 0 Å². The molecule has 0 aromatic heterocycles. The van der Waals surface area contributed by atoms with Crippen LogP contribution in [0.3, 0.4) is 0 Å². The van der Waals surface area contributed by atoms with Gasteiger partial charge in [-0.2, -0.15) is 0 Å². The maximum Gasteiger partial charge on any atom is 0.203 e. The van der Waals surface area contributed by atoms with Gasteiger partial charge in [-0.15, -0.1) is 0 Å². The van der Waals surface area contributed by atoms with Gasteiger partial charge in [0.25, 0.3) is 0 Å². The first-order chi connectivity index (χ1) is 9.57. The molecule has 0 heterocycles. The molecule has 0 spiro atoms. The molecule has 0 fully saturated rings. The highest BCUT2D eigenvalue weighted by molar-refractivity contribution is 5.54. The molecular weight excluding hydrogens is 256 g/mol. The second-order valence-electron chi connectivity index (χ2n) is 4.58. The molecule has 1 aromatic carbocycles. The van der Waals surface area contributed by atoms with Gasteiger partial charge in [-0.1, -0.05) is 12.2 Å². The van der Waals surface area contributed by atoms with Gasteiger partial charge in [0.1, 0.15) is 0 Å². The number of rotatable bonds is 8. The van der Waals surface area contributed by atoms with Crippen molar-refractivity contribution in [2.24, 2.45) is 5.73 Å². The summed E-state index contributed by atoms with van der Waals surface area (Å²) < 4.78 is 16.0. The van der Waals surface area contributed by atoms with Crippen LogP contribution in [0, 0.1) is 0 Å². The molecule has 1 aromatic rings. The second-order valence-corrected chi connectivity index (χ2v) is 4.58. The van der Waals surface area contributed by atoms with Crippen molar-refractivity contribution in [3.05, 3.63) is 29.8 Å². The standard InChI is InChI=1S/C15H24N2O3/c1-10(2)9-17-12(8-16)11-6-13(18-3)15(20-5)14(7-11)19-4/h6-7,12,17H,1,8-9,16H2,2-5H3. The third-order valence-electron chi connectivity index (χ3n) is 2.98. The van der Waals surface area contributed by atoms with Crippen LogP contribution in [0.5, 0.6) is 17.2 Å². The van der Waals surface area contributed by atoms with Crippen LogP contribution in [-0.4, -0.2) is 34.4 Å². The summed E-state index contributed by atoms with van der Waals surface area (Å²) in [5.41, 5.74) is 7.88. The van der Waals surface area contributed by atoms with Crippen LogP contribution in [0.25, 0.3) is 0 Å². The number of nitrogens with one attached hydrogen (secondary N) is 1. The molecule has 3 N–H and O–H groups in total. The van der Waals surface area contributed by atoms with Gasteiger partial charge in [0, 0.05) is 19.1 Å². The summed E-state index contributed by atoms with van der Waals surface area (Å²) in [5, 5.41) is 3.35. The van der Waals surface area contributed by atoms with Crippen molar-refractivity contribution < 1.29 is 14.2 Å². The number of nitrogens with two attached hydrogens (primary N) is 1. The van der Waals surface area contributed by atoms with Gasteiger partial charge in [-0.3, -0.25) is 0 Å². The summed E-state index contributed by atoms with van der Waals surface area (Å²) >= 11 is 0. The minimum atomic E-state index is 0.000376. The molecule has 5 heteroatoms. The van der Waals surface area contributed by atoms with Gasteiger partial charge in [-0.25, -0.2) is 0 Å². The Morgan fingerprint density at radius 2 is 1.75 bits per heavy atom. The largest absolute Gasteiger partial charge is 0.493 e. The molecule has 1 unspecified atom stereocenters. The van der Waals surface area contributed by atoms with Crippen molar-refractivity contribution in [1.82, 2.24) is 5.32 Å². The highest BCUT2D eigenvalue weighted by Crippen LogP contribution is 2.39. The zero-order valence-electron chi connectivity index (χ0n) is 12.7. The average Bonchev–Trinajstić information content (AvgIpc) is 2.46. The predicted octanol–water partition coefficient (Wildman–Crippen LogP) is 1.88. The fourth-order valence-corrected chi connectivity index (χ4v) is 1.94. The Bertz CT molecular complexity index is 435. The third kappa shape index (κ3) is 3.88. The average molecular weight is 280 g/mol. The van der Waals surface area contributed by atoms with Crippen LogP contribution in [0.1, 0.15) is 18.5 Å². The molecule has 0 aliphatic carbocycles. The second kappa shape index (κ2) is 7.77. The molecule has 0 bridgehead atoms. The van der Waals surface area contributed by atoms with E-state index in [0.29, 0.717) is 30.3 Å². The van der Waals surface area contributed by atoms with Gasteiger partial charge in [0.15, 0.2) is 11.5 Å². The lowest BCUT2D eigenvalue weighted by Gasteiger charge is -2.20. The highest BCUT2D eigenvalue weighted by atomic mass is 16.5. The third-order valence-corrected chi connectivity index (χ3v) is 2.98. The fraction of sp³-hybridized carbons (Fsp3) is 0.467. The summed E-state index contributed by atoms with van der Waals surface area (Å²) in [4.78, 5) is 0. The van der Waals surface area contributed by atoms with Gasteiger partial charge >= 0.3 is 0 Å². The molecule has 0 saturated heterocycles. The maximum atomic E-state index is 5.84. The Morgan fingerprint density at radius 3 is 2.10 bits per heavy atom. The number of benzene rings is 1. The summed E-state index contributed by atoms with van der Waals surface area (Å²) in [6.07, 6.45) is 0. The van der Waals surface area contributed by atoms with E-state index in [9.17, 15) is 0 Å². The smallest absolute Gasteiger partial charge is 0.203 e. The lowest BCUT2D eigenvalue weighted by Crippen LogP contribution is -2.29. The van der Waals surface area contributed by atoms with Crippen LogP contribution in [0.15, 0.2) is 24.3 Å². The maximum absolute atomic E-state index is 5.84. The fourth-order valence-electron chi connectivity index (χ4n) is 1.94. The van der Waals surface area contributed by atoms with E-state index in [4.69, 9.17) is 19.9 Å². The van der Waals surface area contributed by atoms with E-state index in [1.807, 2.05) is 19.1 Å². The Labute approximate surface area is 120 Å². The Balaban J connectivity index is 3.12. The SMILES string of the molecule is C=C(C)CNC(CN)c1cc(OC)c(OC)c(OC)c1. The molecule has 5 nitrogen and oxygen atoms in total. The van der Waals surface area contributed by atoms with E-state index in [2.05, 4.69) is 11.9 Å². The Hall–Kier alpha value is -1.72. The molecule has 0 radical (unpaired) electrons. The molecule has 0 amide bonds. The van der Waals surface area contributed by atoms with Gasteiger partial charge in [-0.05, 0) is 24.6 Å². The van der Waals surface area contributed by atoms with Gasteiger partial charge < -0.3 is 25.3 Å². The summed E-state index contributed by atoms with van der Waals surface area (Å²) in [5.74, 6) is 1.82. The number of hydrogen-bond donors (Lipinski definition) is 2. The van der Waals surface area contributed by atoms with Gasteiger partial charge in [0.2, 0.25) is 5.75 Å². The number of methoxy groups -OCH3 is 3. The van der Waals surface area contributed by atoms with Crippen molar-refractivity contribution in [2.75, 3.05) is 34.4 Å². The van der Waals surface area contributed by atoms with E-state index < -0.39 is 0 Å². The van der Waals surface area contributed by atoms with Crippen molar-refractivity contribution >= 4 is 0 Å². The van der Waals surface area contributed by atoms with E-state index in [1.54, 1.807) is 21.3 Å². The molecule has 112 valence electrons. The minimum absolute atomic E-state index is 0.000376. The first kappa shape index (κ1) is 16.3. The quantitative estimate of drug-likeness (QED) is 0.712. The van der Waals surface area contributed by atoms with E-state index in [-0.39, 0.29) is 6.04 Å². The molecule has 1 rings (SSSR count). The van der Waals surface area contributed by atoms with Crippen LogP contribution in [0.4, 0.5) is 0 Å². The molecule has 0 aliphatic rings. The number of ether oxygens (including phenoxy) is 3. The summed E-state index contributed by atoms with van der Waals surface area (Å²) in [7, 11) is 4.78. The van der Waals surface area contributed by atoms with Crippen LogP contribution in [-0.2, 0) is 0 Å². The normalized spacial score (nSPS) is 11.8. The Morgan fingerprint density at radius 1 is 1.20 bits per heavy atom. The molecule has 20 heavy (non-hydrogen) atoms. The van der Waals surface area contributed by atoms with E-state index in [1.165, 1.54) is 0 Å².